The van der Waals surface area contributed by atoms with Crippen LogP contribution < -0.4 is 4.90 Å². The second-order valence-corrected chi connectivity index (χ2v) is 4.48. The van der Waals surface area contributed by atoms with Crippen molar-refractivity contribution in [1.82, 2.24) is 9.97 Å². The highest BCUT2D eigenvalue weighted by atomic mass is 35.5. The number of aromatic nitrogens is 2. The van der Waals surface area contributed by atoms with Crippen molar-refractivity contribution in [2.24, 2.45) is 0 Å². The minimum Gasteiger partial charge on any atom is -0.329 e. The Labute approximate surface area is 123 Å². The van der Waals surface area contributed by atoms with Gasteiger partial charge in [-0.1, -0.05) is 17.7 Å². The largest absolute Gasteiger partial charge is 0.451 e. The molecular weight excluding hydrogens is 305 g/mol. The van der Waals surface area contributed by atoms with Gasteiger partial charge in [0.2, 0.25) is 5.82 Å². The molecule has 0 atom stereocenters. The van der Waals surface area contributed by atoms with Crippen molar-refractivity contribution in [2.45, 2.75) is 6.18 Å². The molecule has 0 N–H and O–H groups in total. The van der Waals surface area contributed by atoms with Gasteiger partial charge in [0.25, 0.3) is 0 Å². The molecular formula is C13H8ClF3N4. The Hall–Kier alpha value is -2.33. The minimum atomic E-state index is -4.69. The van der Waals surface area contributed by atoms with Crippen LogP contribution in [0.4, 0.5) is 24.7 Å². The number of hydrogen-bond acceptors (Lipinski definition) is 4. The monoisotopic (exact) mass is 312 g/mol. The SMILES string of the molecule is CN(c1cccc(C#N)c1)c1cc(Cl)nc(C(F)(F)F)n1. The third kappa shape index (κ3) is 3.41. The summed E-state index contributed by atoms with van der Waals surface area (Å²) in [6.45, 7) is 0. The number of anilines is 2. The summed E-state index contributed by atoms with van der Waals surface area (Å²) in [6.07, 6.45) is -4.69. The van der Waals surface area contributed by atoms with Crippen molar-refractivity contribution >= 4 is 23.1 Å². The molecule has 0 saturated carbocycles. The van der Waals surface area contributed by atoms with E-state index < -0.39 is 12.0 Å². The third-order valence-electron chi connectivity index (χ3n) is 2.64. The van der Waals surface area contributed by atoms with E-state index in [2.05, 4.69) is 9.97 Å². The number of rotatable bonds is 2. The fourth-order valence-electron chi connectivity index (χ4n) is 1.62. The van der Waals surface area contributed by atoms with Crippen molar-refractivity contribution in [2.75, 3.05) is 11.9 Å². The van der Waals surface area contributed by atoms with E-state index in [1.54, 1.807) is 18.2 Å². The van der Waals surface area contributed by atoms with Gasteiger partial charge in [-0.2, -0.15) is 18.4 Å². The van der Waals surface area contributed by atoms with Crippen molar-refractivity contribution in [3.63, 3.8) is 0 Å². The Balaban J connectivity index is 2.46. The highest BCUT2D eigenvalue weighted by Gasteiger charge is 2.35. The molecule has 2 aromatic rings. The predicted molar refractivity (Wildman–Crippen MR) is 71.3 cm³/mol. The predicted octanol–water partition coefficient (Wildman–Crippen LogP) is 3.79. The van der Waals surface area contributed by atoms with Gasteiger partial charge >= 0.3 is 6.18 Å². The van der Waals surface area contributed by atoms with E-state index in [0.29, 0.717) is 11.3 Å². The van der Waals surface area contributed by atoms with Gasteiger partial charge in [-0.05, 0) is 18.2 Å². The summed E-state index contributed by atoms with van der Waals surface area (Å²) in [4.78, 5) is 8.02. The van der Waals surface area contributed by atoms with Crippen LogP contribution in [-0.4, -0.2) is 17.0 Å². The van der Waals surface area contributed by atoms with E-state index in [0.717, 1.165) is 0 Å². The summed E-state index contributed by atoms with van der Waals surface area (Å²) in [7, 11) is 1.52. The zero-order valence-corrected chi connectivity index (χ0v) is 11.4. The van der Waals surface area contributed by atoms with Gasteiger partial charge in [-0.3, -0.25) is 0 Å². The van der Waals surface area contributed by atoms with Crippen molar-refractivity contribution in [3.8, 4) is 6.07 Å². The average Bonchev–Trinajstić information content (AvgIpc) is 2.45. The van der Waals surface area contributed by atoms with Crippen LogP contribution in [0.15, 0.2) is 30.3 Å². The van der Waals surface area contributed by atoms with Crippen LogP contribution in [0.3, 0.4) is 0 Å². The van der Waals surface area contributed by atoms with E-state index in [-0.39, 0.29) is 11.0 Å². The van der Waals surface area contributed by atoms with Crippen molar-refractivity contribution < 1.29 is 13.2 Å². The molecule has 1 aromatic heterocycles. The van der Waals surface area contributed by atoms with E-state index in [1.807, 2.05) is 6.07 Å². The molecule has 108 valence electrons. The Bertz CT molecular complexity index is 709. The molecule has 0 fully saturated rings. The molecule has 0 aliphatic carbocycles. The lowest BCUT2D eigenvalue weighted by Gasteiger charge is -2.19. The quantitative estimate of drug-likeness (QED) is 0.792. The number of alkyl halides is 3. The maximum atomic E-state index is 12.7. The number of nitriles is 1. The molecule has 1 aromatic carbocycles. The second kappa shape index (κ2) is 5.58. The average molecular weight is 313 g/mol. The van der Waals surface area contributed by atoms with Crippen LogP contribution in [0.1, 0.15) is 11.4 Å². The summed E-state index contributed by atoms with van der Waals surface area (Å²) in [5, 5.41) is 8.54. The van der Waals surface area contributed by atoms with Crippen LogP contribution in [-0.2, 0) is 6.18 Å². The normalized spacial score (nSPS) is 11.0. The van der Waals surface area contributed by atoms with Crippen LogP contribution in [0.2, 0.25) is 5.15 Å². The highest BCUT2D eigenvalue weighted by molar-refractivity contribution is 6.29. The molecule has 21 heavy (non-hydrogen) atoms. The molecule has 1 heterocycles. The summed E-state index contributed by atoms with van der Waals surface area (Å²) in [5.41, 5.74) is 0.896. The molecule has 0 bridgehead atoms. The molecule has 0 spiro atoms. The van der Waals surface area contributed by atoms with E-state index in [4.69, 9.17) is 16.9 Å². The van der Waals surface area contributed by atoms with Gasteiger partial charge in [-0.15, -0.1) is 0 Å². The van der Waals surface area contributed by atoms with Crippen LogP contribution in [0.25, 0.3) is 0 Å². The second-order valence-electron chi connectivity index (χ2n) is 4.09. The van der Waals surface area contributed by atoms with Gasteiger partial charge in [0, 0.05) is 18.8 Å². The molecule has 4 nitrogen and oxygen atoms in total. The lowest BCUT2D eigenvalue weighted by Crippen LogP contribution is -2.17. The van der Waals surface area contributed by atoms with E-state index >= 15 is 0 Å². The molecule has 8 heteroatoms. The fourth-order valence-corrected chi connectivity index (χ4v) is 1.80. The molecule has 0 unspecified atom stereocenters. The third-order valence-corrected chi connectivity index (χ3v) is 2.83. The van der Waals surface area contributed by atoms with Gasteiger partial charge in [0.05, 0.1) is 11.6 Å². The number of hydrogen-bond donors (Lipinski definition) is 0. The Morgan fingerprint density at radius 2 is 1.95 bits per heavy atom. The number of nitrogens with zero attached hydrogens (tertiary/aromatic N) is 4. The Morgan fingerprint density at radius 3 is 2.57 bits per heavy atom. The molecule has 0 saturated heterocycles. The minimum absolute atomic E-state index is 0.0163. The highest BCUT2D eigenvalue weighted by Crippen LogP contribution is 2.31. The van der Waals surface area contributed by atoms with Crippen molar-refractivity contribution in [1.29, 1.82) is 5.26 Å². The lowest BCUT2D eigenvalue weighted by molar-refractivity contribution is -0.144. The molecule has 0 radical (unpaired) electrons. The number of halogens is 4. The van der Waals surface area contributed by atoms with Gasteiger partial charge in [0.1, 0.15) is 11.0 Å². The zero-order valence-electron chi connectivity index (χ0n) is 10.7. The summed E-state index contributed by atoms with van der Waals surface area (Å²) < 4.78 is 38.1. The topological polar surface area (TPSA) is 52.8 Å². The smallest absolute Gasteiger partial charge is 0.329 e. The lowest BCUT2D eigenvalue weighted by atomic mass is 10.2. The first-order valence-corrected chi connectivity index (χ1v) is 6.05. The van der Waals surface area contributed by atoms with E-state index in [1.165, 1.54) is 24.1 Å². The molecule has 0 amide bonds. The summed E-state index contributed by atoms with van der Waals surface area (Å²) in [6, 6.07) is 9.56. The maximum Gasteiger partial charge on any atom is 0.451 e. The van der Waals surface area contributed by atoms with Crippen molar-refractivity contribution in [3.05, 3.63) is 46.9 Å². The fraction of sp³-hybridized carbons (Fsp3) is 0.154. The van der Waals surface area contributed by atoms with Gasteiger partial charge in [-0.25, -0.2) is 9.97 Å². The van der Waals surface area contributed by atoms with E-state index in [9.17, 15) is 13.2 Å². The summed E-state index contributed by atoms with van der Waals surface area (Å²) in [5.74, 6) is -1.33. The summed E-state index contributed by atoms with van der Waals surface area (Å²) >= 11 is 5.62. The van der Waals surface area contributed by atoms with Gasteiger partial charge < -0.3 is 4.90 Å². The first kappa shape index (κ1) is 15.1. The zero-order chi connectivity index (χ0) is 15.6. The first-order valence-electron chi connectivity index (χ1n) is 5.67. The molecule has 0 aliphatic rings. The van der Waals surface area contributed by atoms with Crippen LogP contribution >= 0.6 is 11.6 Å². The molecule has 0 aliphatic heterocycles. The standard InChI is InChI=1S/C13H8ClF3N4/c1-21(9-4-2-3-8(5-9)7-18)11-6-10(14)19-12(20-11)13(15,16)17/h2-6H,1H3. The maximum absolute atomic E-state index is 12.7. The van der Waals surface area contributed by atoms with Gasteiger partial charge in [0.15, 0.2) is 0 Å². The van der Waals surface area contributed by atoms with Crippen LogP contribution in [0.5, 0.6) is 0 Å². The number of benzene rings is 1. The first-order chi connectivity index (χ1) is 9.81. The Kier molecular flexibility index (Phi) is 4.00. The Morgan fingerprint density at radius 1 is 1.24 bits per heavy atom. The molecule has 2 rings (SSSR count). The van der Waals surface area contributed by atoms with Crippen LogP contribution in [0, 0.1) is 11.3 Å².